The van der Waals surface area contributed by atoms with Crippen LogP contribution in [0.25, 0.3) is 15.3 Å². The molecule has 2 aromatic carbocycles. The van der Waals surface area contributed by atoms with Crippen molar-refractivity contribution < 1.29 is 4.79 Å². The van der Waals surface area contributed by atoms with E-state index in [1.54, 1.807) is 11.3 Å². The first-order valence-corrected chi connectivity index (χ1v) is 13.2. The number of Topliss-reactive ketones (excluding diaryl/α,β-unsaturated/α-hetero) is 1. The highest BCUT2D eigenvalue weighted by atomic mass is 32.1. The number of nitrogens with zero attached hydrogens (tertiary/aromatic N) is 4. The van der Waals surface area contributed by atoms with Crippen LogP contribution < -0.4 is 10.2 Å². The molecule has 0 bridgehead atoms. The van der Waals surface area contributed by atoms with Gasteiger partial charge in [-0.05, 0) is 63.4 Å². The van der Waals surface area contributed by atoms with E-state index < -0.39 is 0 Å². The molecule has 1 atom stereocenters. The van der Waals surface area contributed by atoms with E-state index in [-0.39, 0.29) is 11.7 Å². The topological polar surface area (TPSA) is 63.1 Å². The first kappa shape index (κ1) is 22.0. The van der Waals surface area contributed by atoms with E-state index in [0.29, 0.717) is 6.42 Å². The number of hydrogen-bond donors (Lipinski definition) is 1. The lowest BCUT2D eigenvalue weighted by atomic mass is 9.76. The summed E-state index contributed by atoms with van der Waals surface area (Å²) in [7, 11) is 0. The lowest BCUT2D eigenvalue weighted by Crippen LogP contribution is -2.27. The van der Waals surface area contributed by atoms with E-state index >= 15 is 0 Å². The van der Waals surface area contributed by atoms with Gasteiger partial charge in [0.15, 0.2) is 5.78 Å². The van der Waals surface area contributed by atoms with Crippen molar-refractivity contribution in [1.29, 1.82) is 0 Å². The first-order valence-electron chi connectivity index (χ1n) is 12.4. The van der Waals surface area contributed by atoms with Crippen LogP contribution in [0.2, 0.25) is 0 Å². The zero-order valence-corrected chi connectivity index (χ0v) is 21.2. The Morgan fingerprint density at radius 1 is 1.09 bits per heavy atom. The number of rotatable bonds is 5. The maximum absolute atomic E-state index is 13.3. The molecule has 7 heteroatoms. The third kappa shape index (κ3) is 3.57. The Labute approximate surface area is 209 Å². The van der Waals surface area contributed by atoms with Crippen molar-refractivity contribution >= 4 is 38.8 Å². The van der Waals surface area contributed by atoms with Gasteiger partial charge in [-0.3, -0.25) is 4.79 Å². The highest BCUT2D eigenvalue weighted by Crippen LogP contribution is 2.47. The van der Waals surface area contributed by atoms with E-state index in [1.807, 2.05) is 29.8 Å². The molecule has 0 saturated carbocycles. The van der Waals surface area contributed by atoms with Gasteiger partial charge in [-0.1, -0.05) is 35.6 Å². The van der Waals surface area contributed by atoms with Crippen molar-refractivity contribution in [3.63, 3.8) is 0 Å². The summed E-state index contributed by atoms with van der Waals surface area (Å²) in [6.45, 7) is 8.33. The smallest absolute Gasteiger partial charge is 0.213 e. The highest BCUT2D eigenvalue weighted by molar-refractivity contribution is 7.20. The molecule has 1 aliphatic heterocycles. The van der Waals surface area contributed by atoms with Crippen LogP contribution in [0.15, 0.2) is 59.8 Å². The summed E-state index contributed by atoms with van der Waals surface area (Å²) in [6, 6.07) is 16.9. The van der Waals surface area contributed by atoms with Crippen LogP contribution in [0, 0.1) is 6.92 Å². The zero-order chi connectivity index (χ0) is 24.1. The summed E-state index contributed by atoms with van der Waals surface area (Å²) in [4.78, 5) is 20.5. The zero-order valence-electron chi connectivity index (χ0n) is 20.3. The standard InChI is InChI=1S/C28H29N5OS/c1-4-32(5-2)19-15-13-18(14-16-19)25-24-17(3)31-33(28-30-20-9-6-7-12-23(20)35-28)27(24)29-21-10-8-11-22(34)26(21)25/h6-7,9,12-16,25,29H,4-5,8,10-11H2,1-3H3/t25-/m1/s1. The fraction of sp³-hybridized carbons (Fsp3) is 0.321. The van der Waals surface area contributed by atoms with Crippen LogP contribution in [0.3, 0.4) is 0 Å². The van der Waals surface area contributed by atoms with E-state index in [0.717, 1.165) is 75.2 Å². The number of benzene rings is 2. The number of hydrogen-bond acceptors (Lipinski definition) is 6. The number of thiazole rings is 1. The van der Waals surface area contributed by atoms with Gasteiger partial charge in [-0.2, -0.15) is 9.78 Å². The maximum atomic E-state index is 13.3. The summed E-state index contributed by atoms with van der Waals surface area (Å²) >= 11 is 1.63. The number of carbonyl (C=O) groups excluding carboxylic acids is 1. The van der Waals surface area contributed by atoms with Crippen molar-refractivity contribution in [3.8, 4) is 5.13 Å². The molecule has 3 heterocycles. The second kappa shape index (κ2) is 8.64. The second-order valence-electron chi connectivity index (χ2n) is 9.21. The molecule has 0 unspecified atom stereocenters. The van der Waals surface area contributed by atoms with Gasteiger partial charge in [0, 0.05) is 47.9 Å². The Hall–Kier alpha value is -3.45. The van der Waals surface area contributed by atoms with Crippen LogP contribution in [0.4, 0.5) is 11.5 Å². The normalized spacial score (nSPS) is 17.3. The summed E-state index contributed by atoms with van der Waals surface area (Å²) < 4.78 is 3.08. The molecule has 0 radical (unpaired) electrons. The van der Waals surface area contributed by atoms with Crippen molar-refractivity contribution in [1.82, 2.24) is 14.8 Å². The fourth-order valence-electron chi connectivity index (χ4n) is 5.51. The molecule has 6 nitrogen and oxygen atoms in total. The quantitative estimate of drug-likeness (QED) is 0.366. The molecular weight excluding hydrogens is 454 g/mol. The highest BCUT2D eigenvalue weighted by Gasteiger charge is 2.39. The van der Waals surface area contributed by atoms with E-state index in [1.165, 1.54) is 5.69 Å². The van der Waals surface area contributed by atoms with Crippen LogP contribution in [-0.4, -0.2) is 33.6 Å². The SMILES string of the molecule is CCN(CC)c1ccc([C@H]2C3=C(CCCC3=O)Nc3c2c(C)nn3-c2nc3ccccc3s2)cc1. The summed E-state index contributed by atoms with van der Waals surface area (Å²) in [5.41, 5.74) is 7.27. The molecular formula is C28H29N5OS. The second-order valence-corrected chi connectivity index (χ2v) is 10.2. The molecule has 2 aliphatic rings. The Bertz CT molecular complexity index is 1430. The van der Waals surface area contributed by atoms with Gasteiger partial charge < -0.3 is 10.2 Å². The number of fused-ring (bicyclic) bond motifs is 2. The predicted octanol–water partition coefficient (Wildman–Crippen LogP) is 6.20. The number of aromatic nitrogens is 3. The molecule has 35 heavy (non-hydrogen) atoms. The minimum atomic E-state index is -0.122. The number of carbonyl (C=O) groups is 1. The molecule has 0 fully saturated rings. The number of para-hydroxylation sites is 1. The molecule has 0 saturated heterocycles. The van der Waals surface area contributed by atoms with Crippen LogP contribution in [0.5, 0.6) is 0 Å². The number of aryl methyl sites for hydroxylation is 1. The van der Waals surface area contributed by atoms with E-state index in [9.17, 15) is 4.79 Å². The average molecular weight is 484 g/mol. The van der Waals surface area contributed by atoms with Crippen molar-refractivity contribution in [2.75, 3.05) is 23.3 Å². The van der Waals surface area contributed by atoms with Gasteiger partial charge in [-0.15, -0.1) is 0 Å². The fourth-order valence-corrected chi connectivity index (χ4v) is 6.43. The lowest BCUT2D eigenvalue weighted by Gasteiger charge is -2.33. The first-order chi connectivity index (χ1) is 17.1. The summed E-state index contributed by atoms with van der Waals surface area (Å²) in [6.07, 6.45) is 2.36. The number of ketones is 1. The largest absolute Gasteiger partial charge is 0.372 e. The summed E-state index contributed by atoms with van der Waals surface area (Å²) in [5, 5.41) is 9.41. The third-order valence-electron chi connectivity index (χ3n) is 7.23. The Kier molecular flexibility index (Phi) is 5.44. The maximum Gasteiger partial charge on any atom is 0.213 e. The van der Waals surface area contributed by atoms with Gasteiger partial charge in [0.1, 0.15) is 5.82 Å². The predicted molar refractivity (Wildman–Crippen MR) is 143 cm³/mol. The van der Waals surface area contributed by atoms with Crippen molar-refractivity contribution in [2.24, 2.45) is 0 Å². The Morgan fingerprint density at radius 2 is 1.86 bits per heavy atom. The number of nitrogens with one attached hydrogen (secondary N) is 1. The van der Waals surface area contributed by atoms with Crippen molar-refractivity contribution in [2.45, 2.75) is 46.0 Å². The summed E-state index contributed by atoms with van der Waals surface area (Å²) in [5.74, 6) is 1.06. The molecule has 0 amide bonds. The van der Waals surface area contributed by atoms with Crippen LogP contribution in [-0.2, 0) is 4.79 Å². The van der Waals surface area contributed by atoms with E-state index in [2.05, 4.69) is 54.4 Å². The van der Waals surface area contributed by atoms with Crippen molar-refractivity contribution in [3.05, 3.63) is 76.6 Å². The lowest BCUT2D eigenvalue weighted by molar-refractivity contribution is -0.116. The molecule has 1 N–H and O–H groups in total. The minimum Gasteiger partial charge on any atom is -0.372 e. The third-order valence-corrected chi connectivity index (χ3v) is 8.24. The number of allylic oxidation sites excluding steroid dienone is 2. The Balaban J connectivity index is 1.51. The van der Waals surface area contributed by atoms with Gasteiger partial charge in [0.25, 0.3) is 0 Å². The van der Waals surface area contributed by atoms with Gasteiger partial charge in [-0.25, -0.2) is 4.98 Å². The molecule has 0 spiro atoms. The molecule has 2 aromatic heterocycles. The molecule has 4 aromatic rings. The minimum absolute atomic E-state index is 0.122. The monoisotopic (exact) mass is 483 g/mol. The van der Waals surface area contributed by atoms with E-state index in [4.69, 9.17) is 10.1 Å². The van der Waals surface area contributed by atoms with Gasteiger partial charge in [0.2, 0.25) is 5.13 Å². The number of anilines is 2. The molecule has 6 rings (SSSR count). The average Bonchev–Trinajstić information content (AvgIpc) is 3.45. The van der Waals surface area contributed by atoms with Crippen LogP contribution >= 0.6 is 11.3 Å². The van der Waals surface area contributed by atoms with Crippen LogP contribution in [0.1, 0.15) is 55.8 Å². The van der Waals surface area contributed by atoms with Gasteiger partial charge in [0.05, 0.1) is 15.9 Å². The van der Waals surface area contributed by atoms with Gasteiger partial charge >= 0.3 is 0 Å². The Morgan fingerprint density at radius 3 is 2.60 bits per heavy atom. The molecule has 178 valence electrons. The molecule has 1 aliphatic carbocycles.